The fourth-order valence-electron chi connectivity index (χ4n) is 8.64. The molecule has 2 amide bonds. The zero-order chi connectivity index (χ0) is 34.1. The third-order valence-corrected chi connectivity index (χ3v) is 13.6. The van der Waals surface area contributed by atoms with Gasteiger partial charge in [0.15, 0.2) is 18.1 Å². The number of hydrogen-bond donors (Lipinski definition) is 5. The van der Waals surface area contributed by atoms with Crippen LogP contribution in [0.5, 0.6) is 0 Å². The number of rotatable bonds is 14. The highest BCUT2D eigenvalue weighted by atomic mass is 33.1. The Balaban J connectivity index is 1.29. The van der Waals surface area contributed by atoms with Gasteiger partial charge in [0.1, 0.15) is 11.4 Å². The van der Waals surface area contributed by atoms with Gasteiger partial charge in [-0.25, -0.2) is 9.18 Å². The molecule has 7 N–H and O–H groups in total. The summed E-state index contributed by atoms with van der Waals surface area (Å²) in [6.45, 7) is 4.60. The number of nitrogens with one attached hydrogen (secondary N) is 1. The molecule has 0 saturated heterocycles. The number of ketones is 3. The Bertz CT molecular complexity index is 1310. The number of primary amides is 1. The van der Waals surface area contributed by atoms with E-state index in [0.717, 1.165) is 0 Å². The van der Waals surface area contributed by atoms with Crippen molar-refractivity contribution in [1.29, 1.82) is 0 Å². The average Bonchev–Trinajstić information content (AvgIpc) is 3.20. The van der Waals surface area contributed by atoms with Gasteiger partial charge in [-0.05, 0) is 63.0 Å². The zero-order valence-corrected chi connectivity index (χ0v) is 28.2. The molecule has 0 aromatic rings. The number of alkyl halides is 1. The first-order valence-corrected chi connectivity index (χ1v) is 18.3. The van der Waals surface area contributed by atoms with Crippen LogP contribution in [0.2, 0.25) is 0 Å². The van der Waals surface area contributed by atoms with Crippen LogP contribution in [0.4, 0.5) is 9.18 Å². The highest BCUT2D eigenvalue weighted by molar-refractivity contribution is 8.76. The largest absolute Gasteiger partial charge is 0.441 e. The van der Waals surface area contributed by atoms with Gasteiger partial charge in [-0.3, -0.25) is 19.2 Å². The van der Waals surface area contributed by atoms with Gasteiger partial charge >= 0.3 is 6.09 Å². The molecule has 0 bridgehead atoms. The number of carbonyl (C=O) groups excluding carboxylic acids is 5. The minimum absolute atomic E-state index is 0.0212. The fraction of sp³-hybridized carbons (Fsp3) is 0.719. The molecule has 46 heavy (non-hydrogen) atoms. The molecule has 0 radical (unpaired) electrons. The smallest absolute Gasteiger partial charge is 0.407 e. The standard InChI is InChI=1S/C32H46FN3O8S2/c1-18-12-24-23-5-4-20-14-21(37)6-8-29(20,2)31(23,33)25(39)15-30(24,3)32(18,43)26(40)17-44-28(42)36-9-11-46-45-10-7-19(27(35)41)13-22(38)16-34/h6,8,14,18-19,23-25,39,43H,4-5,7,9-13,15-17,34H2,1-3H3,(H2,35,41)(H,36,42)/t18-,19?,23+,24+,25+,29+,30+,31+,32+/m1/s1. The van der Waals surface area contributed by atoms with Gasteiger partial charge < -0.3 is 31.7 Å². The van der Waals surface area contributed by atoms with Gasteiger partial charge in [-0.15, -0.1) is 0 Å². The van der Waals surface area contributed by atoms with Crippen molar-refractivity contribution in [3.8, 4) is 0 Å². The van der Waals surface area contributed by atoms with Gasteiger partial charge in [-0.1, -0.05) is 47.1 Å². The van der Waals surface area contributed by atoms with Gasteiger partial charge in [0.2, 0.25) is 11.7 Å². The monoisotopic (exact) mass is 683 g/mol. The molecule has 0 spiro atoms. The number of nitrogens with two attached hydrogens (primary N) is 2. The topological polar surface area (TPSA) is 199 Å². The number of fused-ring (bicyclic) bond motifs is 5. The second-order valence-electron chi connectivity index (χ2n) is 13.6. The molecule has 9 atom stereocenters. The predicted molar refractivity (Wildman–Crippen MR) is 173 cm³/mol. The lowest BCUT2D eigenvalue weighted by Gasteiger charge is -2.62. The van der Waals surface area contributed by atoms with Gasteiger partial charge in [0, 0.05) is 47.1 Å². The van der Waals surface area contributed by atoms with Crippen LogP contribution in [-0.2, 0) is 23.9 Å². The van der Waals surface area contributed by atoms with Crippen LogP contribution in [-0.4, -0.2) is 88.1 Å². The van der Waals surface area contributed by atoms with E-state index in [4.69, 9.17) is 16.2 Å². The lowest BCUT2D eigenvalue weighted by molar-refractivity contribution is -0.219. The number of aliphatic hydroxyl groups is 2. The highest BCUT2D eigenvalue weighted by Crippen LogP contribution is 2.70. The molecule has 3 saturated carbocycles. The summed E-state index contributed by atoms with van der Waals surface area (Å²) >= 11 is 0. The van der Waals surface area contributed by atoms with E-state index in [1.165, 1.54) is 33.7 Å². The maximum atomic E-state index is 17.3. The first kappa shape index (κ1) is 36.6. The molecule has 0 aromatic heterocycles. The first-order chi connectivity index (χ1) is 21.6. The van der Waals surface area contributed by atoms with E-state index in [0.29, 0.717) is 42.8 Å². The molecule has 1 unspecified atom stereocenters. The van der Waals surface area contributed by atoms with Gasteiger partial charge in [-0.2, -0.15) is 0 Å². The molecule has 14 heteroatoms. The average molecular weight is 684 g/mol. The zero-order valence-electron chi connectivity index (χ0n) is 26.6. The van der Waals surface area contributed by atoms with Crippen LogP contribution in [0.15, 0.2) is 23.8 Å². The van der Waals surface area contributed by atoms with Gasteiger partial charge in [0.25, 0.3) is 0 Å². The summed E-state index contributed by atoms with van der Waals surface area (Å²) in [4.78, 5) is 61.1. The van der Waals surface area contributed by atoms with E-state index in [1.54, 1.807) is 26.8 Å². The van der Waals surface area contributed by atoms with E-state index in [9.17, 15) is 34.2 Å². The Labute approximate surface area is 276 Å². The minimum Gasteiger partial charge on any atom is -0.441 e. The number of amides is 2. The van der Waals surface area contributed by atoms with E-state index in [2.05, 4.69) is 5.32 Å². The molecule has 0 aliphatic heterocycles. The number of allylic oxidation sites excluding steroid dienone is 4. The SMILES string of the molecule is C[C@@H]1C[C@H]2[C@@H]3CCC4=CC(=O)C=C[C@]4(C)[C@@]3(F)[C@@H](O)C[C@]2(C)[C@@]1(O)C(=O)COC(=O)NCCSSCCC(CC(=O)CN)C(N)=O. The Hall–Kier alpha value is -2.26. The number of aliphatic hydroxyl groups excluding tert-OH is 1. The van der Waals surface area contributed by atoms with E-state index < -0.39 is 76.3 Å². The Morgan fingerprint density at radius 2 is 1.89 bits per heavy atom. The summed E-state index contributed by atoms with van der Waals surface area (Å²) in [5.74, 6) is -2.81. The molecule has 0 aromatic carbocycles. The Morgan fingerprint density at radius 3 is 2.57 bits per heavy atom. The second kappa shape index (κ2) is 14.1. The van der Waals surface area contributed by atoms with Crippen LogP contribution in [0.3, 0.4) is 0 Å². The molecule has 4 aliphatic rings. The summed E-state index contributed by atoms with van der Waals surface area (Å²) in [6, 6.07) is 0. The normalized spacial score (nSPS) is 36.9. The predicted octanol–water partition coefficient (Wildman–Crippen LogP) is 2.42. The summed E-state index contributed by atoms with van der Waals surface area (Å²) < 4.78 is 22.5. The van der Waals surface area contributed by atoms with Crippen LogP contribution >= 0.6 is 21.6 Å². The number of carbonyl (C=O) groups is 5. The summed E-state index contributed by atoms with van der Waals surface area (Å²) in [5, 5.41) is 26.0. The molecular weight excluding hydrogens is 637 g/mol. The van der Waals surface area contributed by atoms with Crippen molar-refractivity contribution in [2.24, 2.45) is 46.0 Å². The Morgan fingerprint density at radius 1 is 1.20 bits per heavy atom. The van der Waals surface area contributed by atoms with Crippen molar-refractivity contribution in [2.45, 2.75) is 76.7 Å². The summed E-state index contributed by atoms with van der Waals surface area (Å²) in [5.41, 5.74) is 4.97. The third kappa shape index (κ3) is 6.31. The van der Waals surface area contributed by atoms with E-state index >= 15 is 4.39 Å². The highest BCUT2D eigenvalue weighted by Gasteiger charge is 2.75. The summed E-state index contributed by atoms with van der Waals surface area (Å²) in [6.07, 6.45) is 3.57. The number of ether oxygens (including phenoxy) is 1. The molecule has 11 nitrogen and oxygen atoms in total. The quantitative estimate of drug-likeness (QED) is 0.133. The molecule has 4 aliphatic carbocycles. The maximum absolute atomic E-state index is 17.3. The van der Waals surface area contributed by atoms with Crippen molar-refractivity contribution in [3.05, 3.63) is 23.8 Å². The third-order valence-electron chi connectivity index (χ3n) is 11.2. The van der Waals surface area contributed by atoms with Crippen LogP contribution in [0, 0.1) is 34.5 Å². The molecule has 3 fully saturated rings. The number of Topliss-reactive ketones (excluding diaryl/α,β-unsaturated/α-hetero) is 2. The maximum Gasteiger partial charge on any atom is 0.407 e. The van der Waals surface area contributed by atoms with E-state index in [-0.39, 0.29) is 37.5 Å². The van der Waals surface area contributed by atoms with Gasteiger partial charge in [0.05, 0.1) is 12.6 Å². The van der Waals surface area contributed by atoms with Crippen molar-refractivity contribution >= 4 is 50.9 Å². The number of halogens is 1. The summed E-state index contributed by atoms with van der Waals surface area (Å²) in [7, 11) is 2.91. The molecule has 4 rings (SSSR count). The minimum atomic E-state index is -2.08. The lowest BCUT2D eigenvalue weighted by Crippen LogP contribution is -2.69. The van der Waals surface area contributed by atoms with E-state index in [1.807, 2.05) is 0 Å². The first-order valence-electron chi connectivity index (χ1n) is 15.8. The van der Waals surface area contributed by atoms with Crippen molar-refractivity contribution in [2.75, 3.05) is 31.2 Å². The molecular formula is C32H46FN3O8S2. The lowest BCUT2D eigenvalue weighted by atomic mass is 9.44. The van der Waals surface area contributed by atoms with Crippen molar-refractivity contribution < 1.29 is 43.3 Å². The van der Waals surface area contributed by atoms with Crippen molar-refractivity contribution in [1.82, 2.24) is 5.32 Å². The molecule has 256 valence electrons. The molecule has 0 heterocycles. The Kier molecular flexibility index (Phi) is 11.2. The second-order valence-corrected chi connectivity index (χ2v) is 16.3. The van der Waals surface area contributed by atoms with Crippen LogP contribution in [0.25, 0.3) is 0 Å². The van der Waals surface area contributed by atoms with Crippen LogP contribution in [0.1, 0.15) is 59.3 Å². The number of alkyl carbamates (subject to hydrolysis) is 1. The fourth-order valence-corrected chi connectivity index (χ4v) is 10.7. The number of hydrogen-bond acceptors (Lipinski definition) is 11. The van der Waals surface area contributed by atoms with Crippen LogP contribution < -0.4 is 16.8 Å². The van der Waals surface area contributed by atoms with Crippen molar-refractivity contribution in [3.63, 3.8) is 0 Å².